The first-order valence-corrected chi connectivity index (χ1v) is 13.3. The molecule has 33 heavy (non-hydrogen) atoms. The summed E-state index contributed by atoms with van der Waals surface area (Å²) in [6.07, 6.45) is 8.51. The number of Topliss-reactive ketones (excluding diaryl/α,β-unsaturated/α-hetero) is 1. The molecule has 0 radical (unpaired) electrons. The molecule has 4 saturated carbocycles. The Labute approximate surface area is 198 Å². The summed E-state index contributed by atoms with van der Waals surface area (Å²) in [6.45, 7) is 9.50. The summed E-state index contributed by atoms with van der Waals surface area (Å²) in [6, 6.07) is 10.6. The number of fused-ring (bicyclic) bond motifs is 8. The number of carbonyl (C=O) groups is 1. The van der Waals surface area contributed by atoms with Gasteiger partial charge in [0.25, 0.3) is 0 Å². The number of hydrogen-bond donors (Lipinski definition) is 0. The zero-order chi connectivity index (χ0) is 23.1. The van der Waals surface area contributed by atoms with Crippen LogP contribution in [-0.4, -0.2) is 29.4 Å². The van der Waals surface area contributed by atoms with E-state index in [0.717, 1.165) is 19.3 Å². The first-order valence-electron chi connectivity index (χ1n) is 13.3. The van der Waals surface area contributed by atoms with E-state index in [0.29, 0.717) is 30.6 Å². The highest BCUT2D eigenvalue weighted by Gasteiger charge is 2.74. The van der Waals surface area contributed by atoms with Crippen LogP contribution in [0.25, 0.3) is 0 Å². The number of hydrogen-bond acceptors (Lipinski definition) is 4. The van der Waals surface area contributed by atoms with Gasteiger partial charge in [0.05, 0.1) is 24.4 Å². The Bertz CT molecular complexity index is 927. The van der Waals surface area contributed by atoms with Gasteiger partial charge in [-0.1, -0.05) is 57.0 Å². The summed E-state index contributed by atoms with van der Waals surface area (Å²) in [5, 5.41) is 0. The normalized spacial score (nSPS) is 48.0. The van der Waals surface area contributed by atoms with Crippen molar-refractivity contribution in [1.82, 2.24) is 0 Å². The van der Waals surface area contributed by atoms with Gasteiger partial charge < -0.3 is 14.2 Å². The molecule has 0 N–H and O–H groups in total. The van der Waals surface area contributed by atoms with Crippen LogP contribution in [0.5, 0.6) is 0 Å². The number of carbonyl (C=O) groups excluding carboxylic acids is 1. The summed E-state index contributed by atoms with van der Waals surface area (Å²) >= 11 is 0. The highest BCUT2D eigenvalue weighted by Crippen LogP contribution is 2.70. The van der Waals surface area contributed by atoms with Crippen LogP contribution in [0.15, 0.2) is 30.3 Å². The minimum Gasteiger partial charge on any atom is -0.369 e. The van der Waals surface area contributed by atoms with Gasteiger partial charge in [-0.15, -0.1) is 0 Å². The molecule has 1 heterocycles. The molecule has 4 aliphatic carbocycles. The maximum atomic E-state index is 13.2. The third-order valence-electron chi connectivity index (χ3n) is 10.6. The summed E-state index contributed by atoms with van der Waals surface area (Å²) < 4.78 is 20.7. The molecular weight excluding hydrogens is 412 g/mol. The fourth-order valence-corrected chi connectivity index (χ4v) is 9.03. The summed E-state index contributed by atoms with van der Waals surface area (Å²) in [4.78, 5) is 13.2. The lowest BCUT2D eigenvalue weighted by molar-refractivity contribution is -0.293. The van der Waals surface area contributed by atoms with Crippen molar-refractivity contribution in [3.63, 3.8) is 0 Å². The zero-order valence-corrected chi connectivity index (χ0v) is 20.8. The Balaban J connectivity index is 1.49. The van der Waals surface area contributed by atoms with Crippen LogP contribution in [0.2, 0.25) is 0 Å². The van der Waals surface area contributed by atoms with Crippen molar-refractivity contribution in [3.05, 3.63) is 35.9 Å². The second-order valence-electron chi connectivity index (χ2n) is 12.5. The van der Waals surface area contributed by atoms with E-state index in [1.165, 1.54) is 31.2 Å². The minimum absolute atomic E-state index is 0.00229. The van der Waals surface area contributed by atoms with Crippen molar-refractivity contribution < 1.29 is 19.0 Å². The molecular formula is C29H40O4. The fraction of sp³-hybridized carbons (Fsp3) is 0.759. The van der Waals surface area contributed by atoms with Crippen molar-refractivity contribution in [2.75, 3.05) is 0 Å². The molecule has 4 nitrogen and oxygen atoms in total. The molecule has 0 bridgehead atoms. The van der Waals surface area contributed by atoms with Crippen molar-refractivity contribution in [2.24, 2.45) is 28.6 Å². The van der Waals surface area contributed by atoms with E-state index in [1.807, 2.05) is 0 Å². The Morgan fingerprint density at radius 1 is 0.909 bits per heavy atom. The monoisotopic (exact) mass is 452 g/mol. The molecule has 0 amide bonds. The average Bonchev–Trinajstić information content (AvgIpc) is 3.28. The third kappa shape index (κ3) is 3.02. The Morgan fingerprint density at radius 3 is 2.45 bits per heavy atom. The van der Waals surface area contributed by atoms with Gasteiger partial charge >= 0.3 is 0 Å². The molecule has 180 valence electrons. The van der Waals surface area contributed by atoms with Gasteiger partial charge in [-0.25, -0.2) is 0 Å². The predicted octanol–water partition coefficient (Wildman–Crippen LogP) is 6.07. The standard InChI is InChI=1S/C29H40O4/c1-26(2)32-24-21-12-8-9-15-28(21,4)29(31-18-19-10-6-5-7-11-19)17-16-27(3)20(13-14-22(27)30)23(29)25(24)33-26/h5-7,10-11,20-21,23-25H,8-9,12-18H2,1-4H3/t20?,21?,23?,24?,25?,27-,28-,29?/m0/s1. The van der Waals surface area contributed by atoms with Crippen LogP contribution in [-0.2, 0) is 25.6 Å². The Hall–Kier alpha value is -1.23. The largest absolute Gasteiger partial charge is 0.369 e. The maximum absolute atomic E-state index is 13.2. The molecule has 4 heteroatoms. The van der Waals surface area contributed by atoms with E-state index >= 15 is 0 Å². The van der Waals surface area contributed by atoms with Crippen LogP contribution in [0.4, 0.5) is 0 Å². The molecule has 5 fully saturated rings. The first-order chi connectivity index (χ1) is 15.7. The third-order valence-corrected chi connectivity index (χ3v) is 10.6. The van der Waals surface area contributed by atoms with Gasteiger partial charge in [-0.05, 0) is 63.4 Å². The molecule has 0 aromatic heterocycles. The lowest BCUT2D eigenvalue weighted by Crippen LogP contribution is -2.72. The van der Waals surface area contributed by atoms with Gasteiger partial charge in [-0.2, -0.15) is 0 Å². The van der Waals surface area contributed by atoms with Crippen molar-refractivity contribution >= 4 is 5.78 Å². The maximum Gasteiger partial charge on any atom is 0.163 e. The number of rotatable bonds is 3. The van der Waals surface area contributed by atoms with Gasteiger partial charge in [0.15, 0.2) is 5.79 Å². The smallest absolute Gasteiger partial charge is 0.163 e. The lowest BCUT2D eigenvalue weighted by Gasteiger charge is -2.68. The average molecular weight is 453 g/mol. The molecule has 0 spiro atoms. The lowest BCUT2D eigenvalue weighted by atomic mass is 9.41. The van der Waals surface area contributed by atoms with Crippen molar-refractivity contribution in [1.29, 1.82) is 0 Å². The predicted molar refractivity (Wildman–Crippen MR) is 126 cm³/mol. The van der Waals surface area contributed by atoms with Gasteiger partial charge in [0.2, 0.25) is 0 Å². The zero-order valence-electron chi connectivity index (χ0n) is 20.8. The Morgan fingerprint density at radius 2 is 1.67 bits per heavy atom. The van der Waals surface area contributed by atoms with Gasteiger partial charge in [0.1, 0.15) is 5.78 Å². The number of ether oxygens (including phenoxy) is 3. The molecule has 1 saturated heterocycles. The fourth-order valence-electron chi connectivity index (χ4n) is 9.03. The van der Waals surface area contributed by atoms with E-state index < -0.39 is 5.79 Å². The summed E-state index contributed by atoms with van der Waals surface area (Å²) in [7, 11) is 0. The highest BCUT2D eigenvalue weighted by atomic mass is 16.8. The second kappa shape index (κ2) is 7.38. The molecule has 6 rings (SSSR count). The second-order valence-corrected chi connectivity index (χ2v) is 12.5. The van der Waals surface area contributed by atoms with E-state index in [2.05, 4.69) is 58.0 Å². The van der Waals surface area contributed by atoms with Crippen LogP contribution in [0.3, 0.4) is 0 Å². The molecule has 8 atom stereocenters. The van der Waals surface area contributed by atoms with Crippen molar-refractivity contribution in [2.45, 2.75) is 109 Å². The van der Waals surface area contributed by atoms with E-state index in [1.54, 1.807) is 0 Å². The topological polar surface area (TPSA) is 44.8 Å². The van der Waals surface area contributed by atoms with E-state index in [-0.39, 0.29) is 34.6 Å². The molecule has 6 unspecified atom stereocenters. The van der Waals surface area contributed by atoms with E-state index in [4.69, 9.17) is 14.2 Å². The van der Waals surface area contributed by atoms with Crippen LogP contribution >= 0.6 is 0 Å². The SMILES string of the molecule is CC1(C)OC2C(O1)C1CCCC[C@]1(C)C1(OCc3ccccc3)CC[C@]3(C)C(=O)CCC3C21. The first kappa shape index (κ1) is 22.2. The highest BCUT2D eigenvalue weighted by molar-refractivity contribution is 5.87. The molecule has 1 aliphatic heterocycles. The molecule has 1 aromatic carbocycles. The summed E-state index contributed by atoms with van der Waals surface area (Å²) in [5.74, 6) is 0.803. The number of ketones is 1. The molecule has 5 aliphatic rings. The van der Waals surface area contributed by atoms with E-state index in [9.17, 15) is 4.79 Å². The number of benzene rings is 1. The van der Waals surface area contributed by atoms with Gasteiger partial charge in [0, 0.05) is 23.2 Å². The molecule has 1 aromatic rings. The van der Waals surface area contributed by atoms with Crippen LogP contribution in [0.1, 0.15) is 84.6 Å². The summed E-state index contributed by atoms with van der Waals surface area (Å²) in [5.41, 5.74) is 0.724. The van der Waals surface area contributed by atoms with Crippen LogP contribution in [0, 0.1) is 28.6 Å². The van der Waals surface area contributed by atoms with Crippen LogP contribution < -0.4 is 0 Å². The quantitative estimate of drug-likeness (QED) is 0.558. The Kier molecular flexibility index (Phi) is 4.98. The van der Waals surface area contributed by atoms with Gasteiger partial charge in [-0.3, -0.25) is 4.79 Å². The minimum atomic E-state index is -0.584. The van der Waals surface area contributed by atoms with Crippen molar-refractivity contribution in [3.8, 4) is 0 Å².